The first-order valence-corrected chi connectivity index (χ1v) is 4.72. The number of sulfonamides is 1. The van der Waals surface area contributed by atoms with Gasteiger partial charge in [-0.2, -0.15) is 0 Å². The highest BCUT2D eigenvalue weighted by Crippen LogP contribution is 2.06. The minimum atomic E-state index is -3.44. The number of rotatable bonds is 3. The van der Waals surface area contributed by atoms with Gasteiger partial charge in [-0.3, -0.25) is 0 Å². The fourth-order valence-corrected chi connectivity index (χ4v) is 1.81. The summed E-state index contributed by atoms with van der Waals surface area (Å²) in [5.74, 6) is -0.0139. The molecule has 0 rings (SSSR count). The fourth-order valence-electron chi connectivity index (χ4n) is 0.786. The highest BCUT2D eigenvalue weighted by atomic mass is 35.5. The minimum Gasteiger partial charge on any atom is -0.329 e. The molecule has 0 aromatic rings. The van der Waals surface area contributed by atoms with Gasteiger partial charge in [0.2, 0.25) is 10.0 Å². The first-order chi connectivity index (χ1) is 4.39. The van der Waals surface area contributed by atoms with Crippen LogP contribution in [-0.4, -0.2) is 20.2 Å². The van der Waals surface area contributed by atoms with E-state index in [2.05, 4.69) is 0 Å². The third kappa shape index (κ3) is 4.58. The molecule has 6 heteroatoms. The van der Waals surface area contributed by atoms with E-state index < -0.39 is 15.3 Å². The molecule has 0 unspecified atom stereocenters. The van der Waals surface area contributed by atoms with Gasteiger partial charge in [-0.25, -0.2) is 13.6 Å². The summed E-state index contributed by atoms with van der Waals surface area (Å²) in [6.07, 6.45) is 0. The van der Waals surface area contributed by atoms with Gasteiger partial charge in [0.05, 0.1) is 5.25 Å². The molecule has 0 amide bonds. The summed E-state index contributed by atoms with van der Waals surface area (Å²) >= 11 is 0. The lowest BCUT2D eigenvalue weighted by molar-refractivity contribution is 0.534. The molecule has 0 radical (unpaired) electrons. The van der Waals surface area contributed by atoms with Gasteiger partial charge < -0.3 is 5.73 Å². The summed E-state index contributed by atoms with van der Waals surface area (Å²) in [5.41, 5.74) is 5.20. The smallest absolute Gasteiger partial charge is 0.213 e. The Labute approximate surface area is 73.8 Å². The van der Waals surface area contributed by atoms with Gasteiger partial charge >= 0.3 is 0 Å². The Morgan fingerprint density at radius 2 is 1.73 bits per heavy atom. The van der Waals surface area contributed by atoms with E-state index in [9.17, 15) is 8.42 Å². The van der Waals surface area contributed by atoms with Crippen LogP contribution in [-0.2, 0) is 10.0 Å². The molecule has 70 valence electrons. The van der Waals surface area contributed by atoms with Crippen LogP contribution in [0.3, 0.4) is 0 Å². The molecule has 11 heavy (non-hydrogen) atoms. The quantitative estimate of drug-likeness (QED) is 0.658. The predicted molar refractivity (Wildman–Crippen MR) is 48.0 cm³/mol. The number of nitrogens with two attached hydrogens (primary N) is 2. The fraction of sp³-hybridized carbons (Fsp3) is 1.00. The normalized spacial score (nSPS) is 14.3. The van der Waals surface area contributed by atoms with Crippen LogP contribution in [0.2, 0.25) is 0 Å². The number of hydrogen-bond acceptors (Lipinski definition) is 3. The van der Waals surface area contributed by atoms with Gasteiger partial charge in [-0.1, -0.05) is 13.8 Å². The molecule has 0 aliphatic heterocycles. The Morgan fingerprint density at radius 1 is 1.36 bits per heavy atom. The van der Waals surface area contributed by atoms with Crippen molar-refractivity contribution >= 4 is 22.4 Å². The lowest BCUT2D eigenvalue weighted by atomic mass is 10.1. The van der Waals surface area contributed by atoms with Gasteiger partial charge in [0, 0.05) is 6.54 Å². The van der Waals surface area contributed by atoms with Crippen LogP contribution in [0.4, 0.5) is 0 Å². The van der Waals surface area contributed by atoms with Crippen LogP contribution in [0.25, 0.3) is 0 Å². The van der Waals surface area contributed by atoms with E-state index in [-0.39, 0.29) is 24.9 Å². The van der Waals surface area contributed by atoms with Gasteiger partial charge in [0.25, 0.3) is 0 Å². The molecular weight excluding hydrogens is 188 g/mol. The molecular formula is C5H15ClN2O2S. The Morgan fingerprint density at radius 3 is 1.73 bits per heavy atom. The summed E-state index contributed by atoms with van der Waals surface area (Å²) in [6, 6.07) is 0. The number of primary sulfonamides is 1. The summed E-state index contributed by atoms with van der Waals surface area (Å²) in [7, 11) is -3.44. The second kappa shape index (κ2) is 4.92. The molecule has 0 fully saturated rings. The van der Waals surface area contributed by atoms with Crippen LogP contribution in [0.15, 0.2) is 0 Å². The van der Waals surface area contributed by atoms with Gasteiger partial charge in [-0.15, -0.1) is 12.4 Å². The van der Waals surface area contributed by atoms with Crippen molar-refractivity contribution in [2.75, 3.05) is 6.54 Å². The molecule has 0 aromatic heterocycles. The van der Waals surface area contributed by atoms with Crippen LogP contribution >= 0.6 is 12.4 Å². The molecule has 1 atom stereocenters. The maximum absolute atomic E-state index is 10.7. The molecule has 0 aromatic carbocycles. The lowest BCUT2D eigenvalue weighted by Crippen LogP contribution is -2.38. The van der Waals surface area contributed by atoms with Crippen molar-refractivity contribution in [2.45, 2.75) is 19.1 Å². The molecule has 0 aliphatic rings. The SMILES string of the molecule is CC(C)[C@H](CN)S(N)(=O)=O.Cl. The topological polar surface area (TPSA) is 86.2 Å². The zero-order chi connectivity index (χ0) is 8.36. The Balaban J connectivity index is 0. The summed E-state index contributed by atoms with van der Waals surface area (Å²) in [6.45, 7) is 3.65. The standard InChI is InChI=1S/C5H14N2O2S.ClH/c1-4(2)5(3-6)10(7,8)9;/h4-5H,3,6H2,1-2H3,(H2,7,8,9);1H/t5-;/m0./s1. The molecule has 4 N–H and O–H groups in total. The first kappa shape index (κ1) is 13.7. The maximum atomic E-state index is 10.7. The second-order valence-corrected chi connectivity index (χ2v) is 4.39. The van der Waals surface area contributed by atoms with E-state index >= 15 is 0 Å². The van der Waals surface area contributed by atoms with Crippen LogP contribution in [0.5, 0.6) is 0 Å². The van der Waals surface area contributed by atoms with Crippen molar-refractivity contribution in [2.24, 2.45) is 16.8 Å². The predicted octanol–water partition coefficient (Wildman–Crippen LogP) is -0.320. The Kier molecular flexibility index (Phi) is 6.14. The monoisotopic (exact) mass is 202 g/mol. The van der Waals surface area contributed by atoms with Gasteiger partial charge in [0.1, 0.15) is 0 Å². The minimum absolute atomic E-state index is 0. The second-order valence-electron chi connectivity index (χ2n) is 2.61. The van der Waals surface area contributed by atoms with Crippen molar-refractivity contribution in [3.05, 3.63) is 0 Å². The van der Waals surface area contributed by atoms with E-state index in [0.29, 0.717) is 0 Å². The summed E-state index contributed by atoms with van der Waals surface area (Å²) in [4.78, 5) is 0. The molecule has 0 aliphatic carbocycles. The van der Waals surface area contributed by atoms with Gasteiger partial charge in [0.15, 0.2) is 0 Å². The molecule has 4 nitrogen and oxygen atoms in total. The third-order valence-electron chi connectivity index (χ3n) is 1.40. The number of hydrogen-bond donors (Lipinski definition) is 2. The maximum Gasteiger partial charge on any atom is 0.213 e. The number of halogens is 1. The highest BCUT2D eigenvalue weighted by Gasteiger charge is 2.22. The Hall–Kier alpha value is 0.160. The molecule has 0 saturated carbocycles. The van der Waals surface area contributed by atoms with Crippen LogP contribution < -0.4 is 10.9 Å². The van der Waals surface area contributed by atoms with Crippen molar-refractivity contribution in [1.29, 1.82) is 0 Å². The van der Waals surface area contributed by atoms with Crippen LogP contribution in [0, 0.1) is 5.92 Å². The average molecular weight is 203 g/mol. The largest absolute Gasteiger partial charge is 0.329 e. The van der Waals surface area contributed by atoms with E-state index in [1.165, 1.54) is 0 Å². The first-order valence-electron chi connectivity index (χ1n) is 3.11. The van der Waals surface area contributed by atoms with Crippen LogP contribution in [0.1, 0.15) is 13.8 Å². The summed E-state index contributed by atoms with van der Waals surface area (Å²) in [5, 5.41) is 4.28. The van der Waals surface area contributed by atoms with Crippen molar-refractivity contribution in [3.8, 4) is 0 Å². The highest BCUT2D eigenvalue weighted by molar-refractivity contribution is 7.89. The van der Waals surface area contributed by atoms with Crippen molar-refractivity contribution in [1.82, 2.24) is 0 Å². The van der Waals surface area contributed by atoms with E-state index in [1.54, 1.807) is 13.8 Å². The zero-order valence-electron chi connectivity index (χ0n) is 6.65. The van der Waals surface area contributed by atoms with E-state index in [1.807, 2.05) is 0 Å². The average Bonchev–Trinajstić information content (AvgIpc) is 1.60. The van der Waals surface area contributed by atoms with E-state index in [4.69, 9.17) is 10.9 Å². The summed E-state index contributed by atoms with van der Waals surface area (Å²) < 4.78 is 21.4. The molecule has 0 heterocycles. The van der Waals surface area contributed by atoms with Gasteiger partial charge in [-0.05, 0) is 5.92 Å². The molecule has 0 spiro atoms. The molecule has 0 bridgehead atoms. The lowest BCUT2D eigenvalue weighted by Gasteiger charge is -2.15. The van der Waals surface area contributed by atoms with Crippen molar-refractivity contribution < 1.29 is 8.42 Å². The molecule has 0 saturated heterocycles. The van der Waals surface area contributed by atoms with Crippen molar-refractivity contribution in [3.63, 3.8) is 0 Å². The van der Waals surface area contributed by atoms with E-state index in [0.717, 1.165) is 0 Å². The Bertz CT molecular complexity index is 191. The third-order valence-corrected chi connectivity index (χ3v) is 2.98. The zero-order valence-corrected chi connectivity index (χ0v) is 8.28.